The van der Waals surface area contributed by atoms with Crippen LogP contribution in [0.1, 0.15) is 28.7 Å². The SMILES string of the molecule is COc1cccc2c1[C@H](c1ccccc1)CN1CCNC[C@@H]21.Cl.Cl. The highest BCUT2D eigenvalue weighted by Crippen LogP contribution is 2.44. The summed E-state index contributed by atoms with van der Waals surface area (Å²) in [6.45, 7) is 4.30. The van der Waals surface area contributed by atoms with Crippen LogP contribution in [0.15, 0.2) is 48.5 Å². The van der Waals surface area contributed by atoms with E-state index in [2.05, 4.69) is 58.7 Å². The molecule has 0 aliphatic carbocycles. The first-order valence-corrected chi connectivity index (χ1v) is 8.05. The van der Waals surface area contributed by atoms with Crippen molar-refractivity contribution in [3.05, 3.63) is 65.2 Å². The monoisotopic (exact) mass is 366 g/mol. The topological polar surface area (TPSA) is 24.5 Å². The number of piperazine rings is 1. The first-order chi connectivity index (χ1) is 10.9. The number of rotatable bonds is 2. The summed E-state index contributed by atoms with van der Waals surface area (Å²) >= 11 is 0. The zero-order valence-electron chi connectivity index (χ0n) is 13.8. The Labute approximate surface area is 156 Å². The van der Waals surface area contributed by atoms with Crippen molar-refractivity contribution >= 4 is 24.8 Å². The number of fused-ring (bicyclic) bond motifs is 3. The van der Waals surface area contributed by atoms with Crippen LogP contribution >= 0.6 is 24.8 Å². The molecule has 0 amide bonds. The Morgan fingerprint density at radius 1 is 1.04 bits per heavy atom. The Bertz CT molecular complexity index is 666. The van der Waals surface area contributed by atoms with E-state index in [1.165, 1.54) is 16.7 Å². The van der Waals surface area contributed by atoms with Gasteiger partial charge >= 0.3 is 0 Å². The normalized spacial score (nSPS) is 22.4. The van der Waals surface area contributed by atoms with Crippen LogP contribution in [0.5, 0.6) is 5.75 Å². The van der Waals surface area contributed by atoms with Crippen molar-refractivity contribution in [2.75, 3.05) is 33.3 Å². The first kappa shape index (κ1) is 19.1. The molecular weight excluding hydrogens is 343 g/mol. The molecule has 1 fully saturated rings. The maximum Gasteiger partial charge on any atom is 0.123 e. The van der Waals surface area contributed by atoms with Crippen LogP contribution in [-0.4, -0.2) is 38.2 Å². The Morgan fingerprint density at radius 2 is 1.83 bits per heavy atom. The van der Waals surface area contributed by atoms with E-state index in [1.807, 2.05) is 0 Å². The number of nitrogens with one attached hydrogen (secondary N) is 1. The summed E-state index contributed by atoms with van der Waals surface area (Å²) in [6, 6.07) is 17.8. The second-order valence-electron chi connectivity index (χ2n) is 6.14. The van der Waals surface area contributed by atoms with Gasteiger partial charge in [-0.25, -0.2) is 0 Å². The number of methoxy groups -OCH3 is 1. The van der Waals surface area contributed by atoms with Crippen LogP contribution in [0.2, 0.25) is 0 Å². The van der Waals surface area contributed by atoms with E-state index in [0.29, 0.717) is 12.0 Å². The number of benzene rings is 2. The molecule has 2 aromatic rings. The maximum atomic E-state index is 5.71. The van der Waals surface area contributed by atoms with Gasteiger partial charge in [0.15, 0.2) is 0 Å². The van der Waals surface area contributed by atoms with E-state index >= 15 is 0 Å². The summed E-state index contributed by atoms with van der Waals surface area (Å²) in [5.74, 6) is 1.42. The third-order valence-corrected chi connectivity index (χ3v) is 5.00. The van der Waals surface area contributed by atoms with E-state index in [0.717, 1.165) is 31.9 Å². The number of halogens is 2. The van der Waals surface area contributed by atoms with Gasteiger partial charge in [0.1, 0.15) is 5.75 Å². The number of hydrogen-bond donors (Lipinski definition) is 1. The highest BCUT2D eigenvalue weighted by molar-refractivity contribution is 5.85. The molecule has 3 nitrogen and oxygen atoms in total. The van der Waals surface area contributed by atoms with Crippen molar-refractivity contribution in [1.29, 1.82) is 0 Å². The van der Waals surface area contributed by atoms with E-state index in [9.17, 15) is 0 Å². The van der Waals surface area contributed by atoms with Crippen molar-refractivity contribution in [2.45, 2.75) is 12.0 Å². The van der Waals surface area contributed by atoms with Crippen LogP contribution in [-0.2, 0) is 0 Å². The molecule has 0 spiro atoms. The Balaban J connectivity index is 0.00000104. The number of ether oxygens (including phenoxy) is 1. The van der Waals surface area contributed by atoms with Crippen molar-refractivity contribution in [2.24, 2.45) is 0 Å². The summed E-state index contributed by atoms with van der Waals surface area (Å²) in [7, 11) is 1.78. The number of hydrogen-bond acceptors (Lipinski definition) is 3. The molecule has 0 bridgehead atoms. The summed E-state index contributed by atoms with van der Waals surface area (Å²) in [5.41, 5.74) is 4.18. The third-order valence-electron chi connectivity index (χ3n) is 5.00. The lowest BCUT2D eigenvalue weighted by Crippen LogP contribution is -2.50. The smallest absolute Gasteiger partial charge is 0.123 e. The zero-order valence-corrected chi connectivity index (χ0v) is 15.4. The van der Waals surface area contributed by atoms with Gasteiger partial charge in [-0.2, -0.15) is 0 Å². The highest BCUT2D eigenvalue weighted by atomic mass is 35.5. The van der Waals surface area contributed by atoms with E-state index < -0.39 is 0 Å². The first-order valence-electron chi connectivity index (χ1n) is 8.05. The van der Waals surface area contributed by atoms with Gasteiger partial charge in [-0.1, -0.05) is 42.5 Å². The van der Waals surface area contributed by atoms with Crippen molar-refractivity contribution < 1.29 is 4.74 Å². The van der Waals surface area contributed by atoms with Crippen molar-refractivity contribution in [3.63, 3.8) is 0 Å². The summed E-state index contributed by atoms with van der Waals surface area (Å²) < 4.78 is 5.71. The molecule has 1 N–H and O–H groups in total. The Morgan fingerprint density at radius 3 is 2.58 bits per heavy atom. The van der Waals surface area contributed by atoms with Gasteiger partial charge in [0.25, 0.3) is 0 Å². The summed E-state index contributed by atoms with van der Waals surface area (Å²) in [5, 5.41) is 3.53. The van der Waals surface area contributed by atoms with Gasteiger partial charge < -0.3 is 10.1 Å². The molecule has 2 aliphatic heterocycles. The minimum atomic E-state index is 0. The molecule has 2 aromatic carbocycles. The third kappa shape index (κ3) is 3.27. The fourth-order valence-electron chi connectivity index (χ4n) is 3.96. The summed E-state index contributed by atoms with van der Waals surface area (Å²) in [6.07, 6.45) is 0. The molecule has 5 heteroatoms. The predicted molar refractivity (Wildman–Crippen MR) is 103 cm³/mol. The molecule has 0 unspecified atom stereocenters. The average molecular weight is 367 g/mol. The molecule has 24 heavy (non-hydrogen) atoms. The van der Waals surface area contributed by atoms with Gasteiger partial charge in [0, 0.05) is 43.7 Å². The molecule has 2 heterocycles. The van der Waals surface area contributed by atoms with E-state index in [-0.39, 0.29) is 24.8 Å². The van der Waals surface area contributed by atoms with E-state index in [4.69, 9.17) is 4.74 Å². The molecule has 0 saturated carbocycles. The van der Waals surface area contributed by atoms with Crippen LogP contribution < -0.4 is 10.1 Å². The lowest BCUT2D eigenvalue weighted by Gasteiger charge is -2.44. The van der Waals surface area contributed by atoms with Gasteiger partial charge in [0.05, 0.1) is 7.11 Å². The zero-order chi connectivity index (χ0) is 14.9. The largest absolute Gasteiger partial charge is 0.496 e. The average Bonchev–Trinajstić information content (AvgIpc) is 2.61. The molecule has 130 valence electrons. The molecule has 2 atom stereocenters. The van der Waals surface area contributed by atoms with Crippen LogP contribution in [0.4, 0.5) is 0 Å². The second kappa shape index (κ2) is 8.21. The standard InChI is InChI=1S/C19H22N2O.2ClH/c1-22-18-9-5-8-15-17-12-20-10-11-21(17)13-16(19(15)18)14-6-3-2-4-7-14;;/h2-9,16-17,20H,10-13H2,1H3;2*1H/t16-,17-;;/m0../s1. The maximum absolute atomic E-state index is 5.71. The van der Waals surface area contributed by atoms with Crippen molar-refractivity contribution in [3.8, 4) is 5.75 Å². The minimum absolute atomic E-state index is 0. The fourth-order valence-corrected chi connectivity index (χ4v) is 3.96. The van der Waals surface area contributed by atoms with Crippen molar-refractivity contribution in [1.82, 2.24) is 10.2 Å². The van der Waals surface area contributed by atoms with Gasteiger partial charge in [-0.3, -0.25) is 4.90 Å². The van der Waals surface area contributed by atoms with Gasteiger partial charge in [0.2, 0.25) is 0 Å². The van der Waals surface area contributed by atoms with Crippen LogP contribution in [0.3, 0.4) is 0 Å². The Hall–Kier alpha value is -1.26. The van der Waals surface area contributed by atoms with Gasteiger partial charge in [-0.15, -0.1) is 24.8 Å². The second-order valence-corrected chi connectivity index (χ2v) is 6.14. The highest BCUT2D eigenvalue weighted by Gasteiger charge is 2.36. The predicted octanol–water partition coefficient (Wildman–Crippen LogP) is 3.63. The minimum Gasteiger partial charge on any atom is -0.496 e. The van der Waals surface area contributed by atoms with E-state index in [1.54, 1.807) is 7.11 Å². The molecule has 1 saturated heterocycles. The Kier molecular flexibility index (Phi) is 6.53. The molecule has 2 aliphatic rings. The molecular formula is C19H24Cl2N2O. The van der Waals surface area contributed by atoms with Crippen LogP contribution in [0, 0.1) is 0 Å². The molecule has 0 radical (unpaired) electrons. The van der Waals surface area contributed by atoms with Crippen LogP contribution in [0.25, 0.3) is 0 Å². The van der Waals surface area contributed by atoms with Gasteiger partial charge in [-0.05, 0) is 17.2 Å². The molecule has 0 aromatic heterocycles. The lowest BCUT2D eigenvalue weighted by molar-refractivity contribution is 0.142. The molecule has 4 rings (SSSR count). The summed E-state index contributed by atoms with van der Waals surface area (Å²) in [4.78, 5) is 2.62. The lowest BCUT2D eigenvalue weighted by atomic mass is 9.80. The fraction of sp³-hybridized carbons (Fsp3) is 0.368. The number of nitrogens with zero attached hydrogens (tertiary/aromatic N) is 1. The quantitative estimate of drug-likeness (QED) is 0.877.